The number of rotatable bonds is 3. The first kappa shape index (κ1) is 28.8. The van der Waals surface area contributed by atoms with Gasteiger partial charge >= 0.3 is 0 Å². The highest BCUT2D eigenvalue weighted by Crippen LogP contribution is 2.29. The van der Waals surface area contributed by atoms with Crippen LogP contribution in [0.4, 0.5) is 4.39 Å². The molecule has 2 aliphatic heterocycles. The van der Waals surface area contributed by atoms with E-state index in [1.54, 1.807) is 30.0 Å². The highest BCUT2D eigenvalue weighted by atomic mass is 19.1. The number of amides is 3. The summed E-state index contributed by atoms with van der Waals surface area (Å²) in [6, 6.07) is 8.92. The fourth-order valence-electron chi connectivity index (χ4n) is 5.05. The molecular weight excluding hydrogens is 547 g/mol. The van der Waals surface area contributed by atoms with Crippen LogP contribution >= 0.6 is 0 Å². The van der Waals surface area contributed by atoms with Crippen LogP contribution in [0, 0.1) is 12.7 Å². The molecule has 1 saturated heterocycles. The van der Waals surface area contributed by atoms with Crippen molar-refractivity contribution in [3.63, 3.8) is 0 Å². The van der Waals surface area contributed by atoms with Crippen LogP contribution < -0.4 is 24.8 Å². The lowest BCUT2D eigenvalue weighted by Gasteiger charge is -2.38. The van der Waals surface area contributed by atoms with Gasteiger partial charge in [-0.15, -0.1) is 0 Å². The fourth-order valence-corrected chi connectivity index (χ4v) is 5.05. The third kappa shape index (κ3) is 7.33. The summed E-state index contributed by atoms with van der Waals surface area (Å²) in [6.07, 6.45) is 0.457. The van der Waals surface area contributed by atoms with Gasteiger partial charge in [-0.25, -0.2) is 9.37 Å². The number of aromatic nitrogens is 3. The fraction of sp³-hybridized carbons (Fsp3) is 0.414. The van der Waals surface area contributed by atoms with Gasteiger partial charge in [0.1, 0.15) is 23.5 Å². The molecular formula is C29H33FN6O6. The molecule has 2 aliphatic rings. The van der Waals surface area contributed by atoms with Crippen molar-refractivity contribution in [3.05, 3.63) is 65.0 Å². The molecule has 4 bridgehead atoms. The smallest absolute Gasteiger partial charge is 0.258 e. The van der Waals surface area contributed by atoms with Crippen molar-refractivity contribution in [1.29, 1.82) is 0 Å². The van der Waals surface area contributed by atoms with Gasteiger partial charge in [-0.1, -0.05) is 6.07 Å². The highest BCUT2D eigenvalue weighted by Gasteiger charge is 2.34. The summed E-state index contributed by atoms with van der Waals surface area (Å²) in [7, 11) is 1.50. The second-order valence-electron chi connectivity index (χ2n) is 10.3. The molecule has 3 aromatic rings. The lowest BCUT2D eigenvalue weighted by atomic mass is 10.0. The molecule has 2 aromatic carbocycles. The van der Waals surface area contributed by atoms with E-state index in [0.29, 0.717) is 48.1 Å². The molecule has 0 unspecified atom stereocenters. The minimum atomic E-state index is -0.619. The number of nitrogens with zero attached hydrogens (tertiary/aromatic N) is 3. The van der Waals surface area contributed by atoms with Crippen LogP contribution in [0.2, 0.25) is 0 Å². The Bertz CT molecular complexity index is 1460. The van der Waals surface area contributed by atoms with Gasteiger partial charge in [0.25, 0.3) is 5.91 Å². The maximum Gasteiger partial charge on any atom is 0.258 e. The van der Waals surface area contributed by atoms with E-state index in [4.69, 9.17) is 14.2 Å². The van der Waals surface area contributed by atoms with Crippen molar-refractivity contribution < 1.29 is 33.0 Å². The summed E-state index contributed by atoms with van der Waals surface area (Å²) in [5, 5.41) is 12.5. The first-order chi connectivity index (χ1) is 20.2. The van der Waals surface area contributed by atoms with E-state index in [0.717, 1.165) is 5.56 Å². The molecule has 12 nitrogen and oxygen atoms in total. The zero-order valence-corrected chi connectivity index (χ0v) is 23.4. The number of nitrogens with one attached hydrogen (secondary N) is 3. The SMILES string of the molecule is COc1ccc2cc1OCC(=O)N[C@@H]1CN(C(=O)Cc3n[nH]c(C)n3)CC[C@H]1Oc1cc(F)cc(c1)CNC(=O)CC2. The number of hydrogen-bond donors (Lipinski definition) is 3. The number of carbonyl (C=O) groups is 3. The summed E-state index contributed by atoms with van der Waals surface area (Å²) in [5.41, 5.74) is 1.36. The molecule has 3 N–H and O–H groups in total. The molecule has 2 atom stereocenters. The molecule has 5 rings (SSSR count). The average Bonchev–Trinajstić information content (AvgIpc) is 3.38. The van der Waals surface area contributed by atoms with Crippen molar-refractivity contribution in [1.82, 2.24) is 30.7 Å². The zero-order chi connectivity index (χ0) is 29.6. The van der Waals surface area contributed by atoms with Crippen LogP contribution in [0.3, 0.4) is 0 Å². The van der Waals surface area contributed by atoms with Crippen molar-refractivity contribution in [3.8, 4) is 17.2 Å². The van der Waals surface area contributed by atoms with Gasteiger partial charge in [0.15, 0.2) is 23.9 Å². The molecule has 3 heterocycles. The van der Waals surface area contributed by atoms with Crippen molar-refractivity contribution in [2.24, 2.45) is 0 Å². The standard InChI is InChI=1S/C29H33FN6O6/c1-17-32-26(35-34-17)13-29(39)36-8-7-23-22(15-36)33-28(38)16-41-25-11-18(3-5-24(25)40-2)4-6-27(37)31-14-19-9-20(30)12-21(10-19)42-23/h3,5,9-12,22-23H,4,6-8,13-16H2,1-2H3,(H,31,37)(H,33,38)(H,32,34,35)/t22-,23-/m1/s1. The third-order valence-electron chi connectivity index (χ3n) is 7.14. The van der Waals surface area contributed by atoms with Gasteiger partial charge in [0.2, 0.25) is 11.8 Å². The quantitative estimate of drug-likeness (QED) is 0.423. The van der Waals surface area contributed by atoms with E-state index in [2.05, 4.69) is 25.8 Å². The second-order valence-corrected chi connectivity index (χ2v) is 10.3. The predicted octanol–water partition coefficient (Wildman–Crippen LogP) is 1.61. The van der Waals surface area contributed by atoms with Crippen LogP contribution in [0.5, 0.6) is 17.2 Å². The summed E-state index contributed by atoms with van der Waals surface area (Å²) >= 11 is 0. The molecule has 13 heteroatoms. The first-order valence-electron chi connectivity index (χ1n) is 13.7. The van der Waals surface area contributed by atoms with Gasteiger partial charge in [0.05, 0.1) is 19.6 Å². The van der Waals surface area contributed by atoms with Gasteiger partial charge in [-0.2, -0.15) is 5.10 Å². The number of hydrogen-bond acceptors (Lipinski definition) is 8. The van der Waals surface area contributed by atoms with E-state index >= 15 is 0 Å². The maximum absolute atomic E-state index is 14.5. The number of methoxy groups -OCH3 is 1. The van der Waals surface area contributed by atoms with E-state index < -0.39 is 23.9 Å². The average molecular weight is 581 g/mol. The minimum Gasteiger partial charge on any atom is -0.493 e. The molecule has 0 radical (unpaired) electrons. The molecule has 3 amide bonds. The third-order valence-corrected chi connectivity index (χ3v) is 7.14. The van der Waals surface area contributed by atoms with Crippen molar-refractivity contribution >= 4 is 17.7 Å². The van der Waals surface area contributed by atoms with Gasteiger partial charge in [-0.05, 0) is 48.7 Å². The highest BCUT2D eigenvalue weighted by molar-refractivity contribution is 5.80. The number of fused-ring (bicyclic) bond motifs is 5. The number of aryl methyl sites for hydroxylation is 2. The lowest BCUT2D eigenvalue weighted by Crippen LogP contribution is -2.58. The second kappa shape index (κ2) is 12.9. The number of likely N-dealkylation sites (tertiary alicyclic amines) is 1. The normalized spacial score (nSPS) is 19.6. The van der Waals surface area contributed by atoms with Crippen LogP contribution in [0.25, 0.3) is 0 Å². The number of benzene rings is 2. The van der Waals surface area contributed by atoms with Crippen LogP contribution in [0.1, 0.15) is 35.6 Å². The van der Waals surface area contributed by atoms with Crippen molar-refractivity contribution in [2.75, 3.05) is 26.8 Å². The Morgan fingerprint density at radius 1 is 1.14 bits per heavy atom. The monoisotopic (exact) mass is 580 g/mol. The summed E-state index contributed by atoms with van der Waals surface area (Å²) < 4.78 is 31.9. The topological polar surface area (TPSA) is 148 Å². The zero-order valence-electron chi connectivity index (χ0n) is 23.4. The Hall–Kier alpha value is -4.68. The van der Waals surface area contributed by atoms with Crippen LogP contribution in [-0.2, 0) is 33.8 Å². The Balaban J connectivity index is 1.38. The number of aromatic amines is 1. The molecule has 1 aromatic heterocycles. The lowest BCUT2D eigenvalue weighted by molar-refractivity contribution is -0.135. The predicted molar refractivity (Wildman–Crippen MR) is 147 cm³/mol. The van der Waals surface area contributed by atoms with E-state index in [1.807, 2.05) is 6.07 Å². The van der Waals surface area contributed by atoms with E-state index in [1.165, 1.54) is 19.2 Å². The molecule has 0 spiro atoms. The summed E-state index contributed by atoms with van der Waals surface area (Å²) in [6.45, 7) is 2.07. The van der Waals surface area contributed by atoms with Gasteiger partial charge in [0, 0.05) is 38.5 Å². The molecule has 42 heavy (non-hydrogen) atoms. The Morgan fingerprint density at radius 2 is 2.00 bits per heavy atom. The molecule has 0 aliphatic carbocycles. The van der Waals surface area contributed by atoms with Gasteiger partial charge < -0.3 is 29.7 Å². The molecule has 222 valence electrons. The Labute approximate surface area is 241 Å². The Morgan fingerprint density at radius 3 is 2.79 bits per heavy atom. The van der Waals surface area contributed by atoms with Crippen LogP contribution in [-0.4, -0.2) is 76.8 Å². The summed E-state index contributed by atoms with van der Waals surface area (Å²) in [4.78, 5) is 44.5. The number of ether oxygens (including phenoxy) is 3. The summed E-state index contributed by atoms with van der Waals surface area (Å²) in [5.74, 6) is 0.736. The van der Waals surface area contributed by atoms with E-state index in [9.17, 15) is 18.8 Å². The first-order valence-corrected chi connectivity index (χ1v) is 13.7. The van der Waals surface area contributed by atoms with Gasteiger partial charge in [-0.3, -0.25) is 19.5 Å². The number of halogens is 1. The Kier molecular flexibility index (Phi) is 8.84. The molecule has 1 fully saturated rings. The number of carbonyl (C=O) groups excluding carboxylic acids is 3. The number of H-pyrrole nitrogens is 1. The van der Waals surface area contributed by atoms with Crippen LogP contribution in [0.15, 0.2) is 36.4 Å². The minimum absolute atomic E-state index is 0.00868. The largest absolute Gasteiger partial charge is 0.493 e. The van der Waals surface area contributed by atoms with Crippen molar-refractivity contribution in [2.45, 2.75) is 51.3 Å². The van der Waals surface area contributed by atoms with E-state index in [-0.39, 0.29) is 50.1 Å². The molecule has 0 saturated carbocycles. The number of piperidine rings is 1. The maximum atomic E-state index is 14.5.